The van der Waals surface area contributed by atoms with Crippen molar-refractivity contribution in [2.45, 2.75) is 21.6 Å². The number of sulfone groups is 1. The van der Waals surface area contributed by atoms with Gasteiger partial charge in [0.05, 0.1) is 22.3 Å². The largest absolute Gasteiger partial charge is 0.394 e. The van der Waals surface area contributed by atoms with Gasteiger partial charge in [0.1, 0.15) is 0 Å². The van der Waals surface area contributed by atoms with Gasteiger partial charge in [0.2, 0.25) is 0 Å². The molecular formula is C16H16ClNO3S. The van der Waals surface area contributed by atoms with Gasteiger partial charge >= 0.3 is 0 Å². The molecule has 3 atom stereocenters. The third kappa shape index (κ3) is 2.34. The first-order chi connectivity index (χ1) is 10.4. The Hall–Kier alpha value is -1.40. The molecule has 22 heavy (non-hydrogen) atoms. The molecule has 4 nitrogen and oxygen atoms in total. The summed E-state index contributed by atoms with van der Waals surface area (Å²) in [5.41, 5.74) is 5.83. The molecule has 2 aromatic rings. The molecule has 116 valence electrons. The Labute approximate surface area is 134 Å². The Bertz CT molecular complexity index is 777. The van der Waals surface area contributed by atoms with Gasteiger partial charge in [-0.25, -0.2) is 8.42 Å². The van der Waals surface area contributed by atoms with Crippen molar-refractivity contribution in [3.05, 3.63) is 65.2 Å². The average Bonchev–Trinajstić information content (AvgIpc) is 3.16. The van der Waals surface area contributed by atoms with Gasteiger partial charge in [-0.15, -0.1) is 0 Å². The second-order valence-electron chi connectivity index (χ2n) is 5.58. The predicted molar refractivity (Wildman–Crippen MR) is 85.6 cm³/mol. The molecule has 0 spiro atoms. The quantitative estimate of drug-likeness (QED) is 0.893. The van der Waals surface area contributed by atoms with Gasteiger partial charge in [-0.1, -0.05) is 41.9 Å². The molecule has 1 saturated carbocycles. The molecule has 0 aromatic heterocycles. The maximum atomic E-state index is 12.8. The molecule has 0 heterocycles. The smallest absolute Gasteiger partial charge is 0.183 e. The molecule has 0 amide bonds. The van der Waals surface area contributed by atoms with Gasteiger partial charge in [0.25, 0.3) is 0 Å². The SMILES string of the molecule is N[C@]1(CO)[C@H](c2ccccc2)[C@@H]1S(=O)(=O)c1ccc(Cl)cc1. The minimum absolute atomic E-state index is 0.170. The van der Waals surface area contributed by atoms with Crippen molar-refractivity contribution in [1.29, 1.82) is 0 Å². The van der Waals surface area contributed by atoms with E-state index in [1.54, 1.807) is 0 Å². The van der Waals surface area contributed by atoms with E-state index in [2.05, 4.69) is 0 Å². The lowest BCUT2D eigenvalue weighted by Crippen LogP contribution is -2.35. The summed E-state index contributed by atoms with van der Waals surface area (Å²) in [5, 5.41) is 9.24. The van der Waals surface area contributed by atoms with Gasteiger partial charge in [-0.05, 0) is 29.8 Å². The number of hydrogen-bond donors (Lipinski definition) is 2. The van der Waals surface area contributed by atoms with Crippen LogP contribution in [0.15, 0.2) is 59.5 Å². The van der Waals surface area contributed by atoms with Crippen LogP contribution in [0.4, 0.5) is 0 Å². The van der Waals surface area contributed by atoms with Gasteiger partial charge in [-0.2, -0.15) is 0 Å². The first kappa shape index (κ1) is 15.5. The van der Waals surface area contributed by atoms with Crippen molar-refractivity contribution in [2.24, 2.45) is 5.73 Å². The molecule has 3 rings (SSSR count). The molecule has 0 aliphatic heterocycles. The standard InChI is InChI=1S/C16H16ClNO3S/c17-12-6-8-13(9-7-12)22(20,21)15-14(16(15,18)10-19)11-4-2-1-3-5-11/h1-9,14-15,19H,10,18H2/t14-,15+,16-/m1/s1. The van der Waals surface area contributed by atoms with E-state index >= 15 is 0 Å². The van der Waals surface area contributed by atoms with E-state index in [4.69, 9.17) is 17.3 Å². The van der Waals surface area contributed by atoms with Crippen molar-refractivity contribution in [3.63, 3.8) is 0 Å². The Balaban J connectivity index is 2.01. The maximum absolute atomic E-state index is 12.8. The van der Waals surface area contributed by atoms with Crippen molar-refractivity contribution in [3.8, 4) is 0 Å². The number of halogens is 1. The fourth-order valence-electron chi connectivity index (χ4n) is 3.00. The number of rotatable bonds is 4. The molecule has 1 fully saturated rings. The number of nitrogens with two attached hydrogens (primary N) is 1. The first-order valence-electron chi connectivity index (χ1n) is 6.85. The number of aliphatic hydroxyl groups is 1. The van der Waals surface area contributed by atoms with Gasteiger partial charge in [0, 0.05) is 10.9 Å². The molecule has 0 bridgehead atoms. The molecule has 3 N–H and O–H groups in total. The summed E-state index contributed by atoms with van der Waals surface area (Å²) >= 11 is 5.81. The van der Waals surface area contributed by atoms with Crippen LogP contribution in [0, 0.1) is 0 Å². The topological polar surface area (TPSA) is 80.4 Å². The summed E-state index contributed by atoms with van der Waals surface area (Å²) in [6.45, 7) is -0.385. The summed E-state index contributed by atoms with van der Waals surface area (Å²) in [5.74, 6) is -0.417. The zero-order valence-corrected chi connectivity index (χ0v) is 13.3. The lowest BCUT2D eigenvalue weighted by molar-refractivity contribution is 0.253. The minimum atomic E-state index is -3.64. The van der Waals surface area contributed by atoms with Crippen LogP contribution in [0.3, 0.4) is 0 Å². The monoisotopic (exact) mass is 337 g/mol. The zero-order valence-electron chi connectivity index (χ0n) is 11.7. The highest BCUT2D eigenvalue weighted by Crippen LogP contribution is 2.55. The summed E-state index contributed by atoms with van der Waals surface area (Å²) in [6, 6.07) is 15.2. The second-order valence-corrected chi connectivity index (χ2v) is 8.08. The number of benzene rings is 2. The Kier molecular flexibility index (Phi) is 3.77. The van der Waals surface area contributed by atoms with Crippen LogP contribution < -0.4 is 5.73 Å². The van der Waals surface area contributed by atoms with Gasteiger partial charge in [0.15, 0.2) is 9.84 Å². The highest BCUT2D eigenvalue weighted by Gasteiger charge is 2.68. The molecule has 6 heteroatoms. The van der Waals surface area contributed by atoms with E-state index in [1.807, 2.05) is 30.3 Å². The molecule has 1 aliphatic carbocycles. The molecular weight excluding hydrogens is 322 g/mol. The van der Waals surface area contributed by atoms with E-state index in [-0.39, 0.29) is 11.5 Å². The average molecular weight is 338 g/mol. The summed E-state index contributed by atoms with van der Waals surface area (Å²) < 4.78 is 25.7. The minimum Gasteiger partial charge on any atom is -0.394 e. The van der Waals surface area contributed by atoms with Crippen LogP contribution in [0.2, 0.25) is 5.02 Å². The van der Waals surface area contributed by atoms with Crippen LogP contribution in [-0.2, 0) is 9.84 Å². The lowest BCUT2D eigenvalue weighted by Gasteiger charge is -2.08. The molecule has 0 saturated heterocycles. The Morgan fingerprint density at radius 1 is 1.09 bits per heavy atom. The molecule has 2 aromatic carbocycles. The Morgan fingerprint density at radius 2 is 1.68 bits per heavy atom. The van der Waals surface area contributed by atoms with E-state index in [1.165, 1.54) is 24.3 Å². The van der Waals surface area contributed by atoms with Crippen LogP contribution >= 0.6 is 11.6 Å². The second kappa shape index (κ2) is 5.35. The predicted octanol–water partition coefficient (Wildman–Crippen LogP) is 1.97. The lowest BCUT2D eigenvalue weighted by atomic mass is 10.1. The van der Waals surface area contributed by atoms with Crippen molar-refractivity contribution in [2.75, 3.05) is 6.61 Å². The van der Waals surface area contributed by atoms with Crippen LogP contribution in [0.1, 0.15) is 11.5 Å². The fourth-order valence-corrected chi connectivity index (χ4v) is 5.42. The summed E-state index contributed by atoms with van der Waals surface area (Å²) in [7, 11) is -3.64. The Morgan fingerprint density at radius 3 is 2.23 bits per heavy atom. The van der Waals surface area contributed by atoms with Crippen molar-refractivity contribution < 1.29 is 13.5 Å². The summed E-state index contributed by atoms with van der Waals surface area (Å²) in [6.07, 6.45) is 0. The van der Waals surface area contributed by atoms with E-state index in [9.17, 15) is 13.5 Å². The third-order valence-corrected chi connectivity index (χ3v) is 6.77. The molecule has 0 unspecified atom stereocenters. The zero-order chi connectivity index (χ0) is 16.0. The normalized spacial score (nSPS) is 27.6. The number of hydrogen-bond acceptors (Lipinski definition) is 4. The van der Waals surface area contributed by atoms with Crippen molar-refractivity contribution in [1.82, 2.24) is 0 Å². The third-order valence-electron chi connectivity index (χ3n) is 4.21. The van der Waals surface area contributed by atoms with Crippen LogP contribution in [0.25, 0.3) is 0 Å². The molecule has 1 aliphatic rings. The van der Waals surface area contributed by atoms with Gasteiger partial charge in [-0.3, -0.25) is 0 Å². The van der Waals surface area contributed by atoms with Crippen molar-refractivity contribution >= 4 is 21.4 Å². The van der Waals surface area contributed by atoms with Gasteiger partial charge < -0.3 is 10.8 Å². The summed E-state index contributed by atoms with van der Waals surface area (Å²) in [4.78, 5) is 0.170. The highest BCUT2D eigenvalue weighted by molar-refractivity contribution is 7.92. The maximum Gasteiger partial charge on any atom is 0.183 e. The van der Waals surface area contributed by atoms with E-state index < -0.39 is 26.5 Å². The van der Waals surface area contributed by atoms with E-state index in [0.717, 1.165) is 5.56 Å². The highest BCUT2D eigenvalue weighted by atomic mass is 35.5. The molecule has 0 radical (unpaired) electrons. The first-order valence-corrected chi connectivity index (χ1v) is 8.78. The van der Waals surface area contributed by atoms with Crippen LogP contribution in [0.5, 0.6) is 0 Å². The fraction of sp³-hybridized carbons (Fsp3) is 0.250. The number of aliphatic hydroxyl groups excluding tert-OH is 1. The van der Waals surface area contributed by atoms with Crippen LogP contribution in [-0.4, -0.2) is 30.9 Å². The van der Waals surface area contributed by atoms with E-state index in [0.29, 0.717) is 5.02 Å².